The standard InChI is InChI=1S/C20H17FO4/c1-2-13-6-7-17-15(11-24-19(17)8-13)10-20(23)25-12-18(22)14-4-3-5-16(21)9-14/h3-9,11H,2,10,12H2,1H3. The molecule has 0 N–H and O–H groups in total. The van der Waals surface area contributed by atoms with E-state index in [-0.39, 0.29) is 12.0 Å². The van der Waals surface area contributed by atoms with Gasteiger partial charge in [-0.2, -0.15) is 0 Å². The number of hydrogen-bond acceptors (Lipinski definition) is 4. The van der Waals surface area contributed by atoms with E-state index >= 15 is 0 Å². The number of furan rings is 1. The van der Waals surface area contributed by atoms with Crippen LogP contribution in [0.4, 0.5) is 4.39 Å². The molecule has 4 nitrogen and oxygen atoms in total. The molecule has 3 aromatic rings. The molecule has 0 aliphatic carbocycles. The monoisotopic (exact) mass is 340 g/mol. The van der Waals surface area contributed by atoms with Gasteiger partial charge in [0.05, 0.1) is 12.7 Å². The third kappa shape index (κ3) is 3.94. The summed E-state index contributed by atoms with van der Waals surface area (Å²) in [6, 6.07) is 11.1. The zero-order valence-electron chi connectivity index (χ0n) is 13.8. The van der Waals surface area contributed by atoms with Crippen LogP contribution >= 0.6 is 0 Å². The molecule has 3 rings (SSSR count). The average Bonchev–Trinajstić information content (AvgIpc) is 3.01. The minimum absolute atomic E-state index is 0.00883. The van der Waals surface area contributed by atoms with Crippen molar-refractivity contribution in [3.8, 4) is 0 Å². The van der Waals surface area contributed by atoms with Gasteiger partial charge in [-0.15, -0.1) is 0 Å². The van der Waals surface area contributed by atoms with Crippen molar-refractivity contribution >= 4 is 22.7 Å². The first-order valence-electron chi connectivity index (χ1n) is 8.00. The van der Waals surface area contributed by atoms with Gasteiger partial charge < -0.3 is 9.15 Å². The van der Waals surface area contributed by atoms with Gasteiger partial charge in [0.15, 0.2) is 12.4 Å². The summed E-state index contributed by atoms with van der Waals surface area (Å²) in [6.07, 6.45) is 2.44. The lowest BCUT2D eigenvalue weighted by Crippen LogP contribution is -2.15. The highest BCUT2D eigenvalue weighted by molar-refractivity contribution is 5.98. The van der Waals surface area contributed by atoms with Crippen molar-refractivity contribution in [2.75, 3.05) is 6.61 Å². The number of halogens is 1. The third-order valence-corrected chi connectivity index (χ3v) is 3.97. The predicted molar refractivity (Wildman–Crippen MR) is 91.0 cm³/mol. The summed E-state index contributed by atoms with van der Waals surface area (Å²) in [5.41, 5.74) is 2.75. The van der Waals surface area contributed by atoms with E-state index in [9.17, 15) is 14.0 Å². The highest BCUT2D eigenvalue weighted by Gasteiger charge is 2.14. The minimum atomic E-state index is -0.535. The highest BCUT2D eigenvalue weighted by Crippen LogP contribution is 2.23. The third-order valence-electron chi connectivity index (χ3n) is 3.97. The molecule has 0 atom stereocenters. The summed E-state index contributed by atoms with van der Waals surface area (Å²) in [5.74, 6) is -1.49. The molecular weight excluding hydrogens is 323 g/mol. The number of carbonyl (C=O) groups excluding carboxylic acids is 2. The zero-order valence-corrected chi connectivity index (χ0v) is 13.8. The molecule has 0 unspecified atom stereocenters. The van der Waals surface area contributed by atoms with Crippen molar-refractivity contribution in [3.63, 3.8) is 0 Å². The fourth-order valence-corrected chi connectivity index (χ4v) is 2.58. The lowest BCUT2D eigenvalue weighted by Gasteiger charge is -2.04. The fraction of sp³-hybridized carbons (Fsp3) is 0.200. The molecule has 2 aromatic carbocycles. The number of esters is 1. The number of rotatable bonds is 6. The molecule has 128 valence electrons. The Kier molecular flexibility index (Phi) is 4.93. The van der Waals surface area contributed by atoms with Crippen LogP contribution in [-0.4, -0.2) is 18.4 Å². The first-order chi connectivity index (χ1) is 12.1. The Labute approximate surface area is 144 Å². The highest BCUT2D eigenvalue weighted by atomic mass is 19.1. The number of fused-ring (bicyclic) bond motifs is 1. The number of ketones is 1. The molecule has 0 bridgehead atoms. The Hall–Kier alpha value is -2.95. The molecule has 0 aliphatic heterocycles. The zero-order chi connectivity index (χ0) is 17.8. The van der Waals surface area contributed by atoms with E-state index in [0.29, 0.717) is 5.56 Å². The molecule has 0 aliphatic rings. The molecule has 1 heterocycles. The lowest BCUT2D eigenvalue weighted by atomic mass is 10.1. The van der Waals surface area contributed by atoms with Crippen molar-refractivity contribution in [3.05, 3.63) is 71.2 Å². The van der Waals surface area contributed by atoms with Crippen molar-refractivity contribution in [1.29, 1.82) is 0 Å². The van der Waals surface area contributed by atoms with Gasteiger partial charge in [-0.3, -0.25) is 9.59 Å². The Morgan fingerprint density at radius 3 is 2.76 bits per heavy atom. The molecule has 1 aromatic heterocycles. The minimum Gasteiger partial charge on any atom is -0.464 e. The van der Waals surface area contributed by atoms with E-state index in [1.165, 1.54) is 24.5 Å². The number of carbonyl (C=O) groups is 2. The molecule has 0 spiro atoms. The fourth-order valence-electron chi connectivity index (χ4n) is 2.58. The van der Waals surface area contributed by atoms with Crippen LogP contribution in [0.3, 0.4) is 0 Å². The van der Waals surface area contributed by atoms with E-state index in [4.69, 9.17) is 9.15 Å². The van der Waals surface area contributed by atoms with E-state index < -0.39 is 24.2 Å². The summed E-state index contributed by atoms with van der Waals surface area (Å²) in [6.45, 7) is 1.63. The van der Waals surface area contributed by atoms with Crippen LogP contribution in [0.2, 0.25) is 0 Å². The summed E-state index contributed by atoms with van der Waals surface area (Å²) < 4.78 is 23.6. The predicted octanol–water partition coefficient (Wildman–Crippen LogP) is 4.10. The summed E-state index contributed by atoms with van der Waals surface area (Å²) in [5, 5.41) is 0.852. The van der Waals surface area contributed by atoms with Gasteiger partial charge in [0.1, 0.15) is 11.4 Å². The van der Waals surface area contributed by atoms with Gasteiger partial charge >= 0.3 is 5.97 Å². The maximum Gasteiger partial charge on any atom is 0.310 e. The van der Waals surface area contributed by atoms with Gasteiger partial charge in [0, 0.05) is 16.5 Å². The van der Waals surface area contributed by atoms with Gasteiger partial charge in [-0.25, -0.2) is 4.39 Å². The van der Waals surface area contributed by atoms with E-state index in [1.807, 2.05) is 18.2 Å². The second kappa shape index (κ2) is 7.30. The van der Waals surface area contributed by atoms with E-state index in [2.05, 4.69) is 6.92 Å². The smallest absolute Gasteiger partial charge is 0.310 e. The second-order valence-electron chi connectivity index (χ2n) is 5.72. The number of ether oxygens (including phenoxy) is 1. The average molecular weight is 340 g/mol. The number of Topliss-reactive ketones (excluding diaryl/α,β-unsaturated/α-hetero) is 1. The molecule has 5 heteroatoms. The Balaban J connectivity index is 1.62. The largest absolute Gasteiger partial charge is 0.464 e. The van der Waals surface area contributed by atoms with Crippen LogP contribution in [0.1, 0.15) is 28.4 Å². The van der Waals surface area contributed by atoms with Gasteiger partial charge in [-0.1, -0.05) is 31.2 Å². The van der Waals surface area contributed by atoms with Crippen LogP contribution in [-0.2, 0) is 22.4 Å². The number of aryl methyl sites for hydroxylation is 1. The molecular formula is C20H17FO4. The van der Waals surface area contributed by atoms with Crippen LogP contribution in [0, 0.1) is 5.82 Å². The molecule has 0 saturated carbocycles. The second-order valence-corrected chi connectivity index (χ2v) is 5.72. The van der Waals surface area contributed by atoms with Crippen molar-refractivity contribution in [2.24, 2.45) is 0 Å². The van der Waals surface area contributed by atoms with Crippen molar-refractivity contribution in [2.45, 2.75) is 19.8 Å². The van der Waals surface area contributed by atoms with Crippen molar-refractivity contribution < 1.29 is 23.1 Å². The first kappa shape index (κ1) is 16.9. The van der Waals surface area contributed by atoms with Crippen LogP contribution in [0.5, 0.6) is 0 Å². The lowest BCUT2D eigenvalue weighted by molar-refractivity contribution is -0.141. The topological polar surface area (TPSA) is 56.5 Å². The van der Waals surface area contributed by atoms with Gasteiger partial charge in [0.25, 0.3) is 0 Å². The number of benzene rings is 2. The van der Waals surface area contributed by atoms with E-state index in [1.54, 1.807) is 0 Å². The maximum atomic E-state index is 13.1. The van der Waals surface area contributed by atoms with Crippen LogP contribution < -0.4 is 0 Å². The Bertz CT molecular complexity index is 926. The summed E-state index contributed by atoms with van der Waals surface area (Å²) >= 11 is 0. The first-order valence-corrected chi connectivity index (χ1v) is 8.00. The quantitative estimate of drug-likeness (QED) is 0.501. The SMILES string of the molecule is CCc1ccc2c(CC(=O)OCC(=O)c3cccc(F)c3)coc2c1. The maximum absolute atomic E-state index is 13.1. The van der Waals surface area contributed by atoms with Crippen molar-refractivity contribution in [1.82, 2.24) is 0 Å². The summed E-state index contributed by atoms with van der Waals surface area (Å²) in [4.78, 5) is 23.9. The molecule has 0 fully saturated rings. The molecule has 25 heavy (non-hydrogen) atoms. The Morgan fingerprint density at radius 1 is 1.16 bits per heavy atom. The molecule has 0 radical (unpaired) electrons. The number of hydrogen-bond donors (Lipinski definition) is 0. The normalized spacial score (nSPS) is 10.8. The Morgan fingerprint density at radius 2 is 2.00 bits per heavy atom. The van der Waals surface area contributed by atoms with Crippen LogP contribution in [0.25, 0.3) is 11.0 Å². The van der Waals surface area contributed by atoms with Crippen LogP contribution in [0.15, 0.2) is 53.1 Å². The van der Waals surface area contributed by atoms with Gasteiger partial charge in [-0.05, 0) is 30.2 Å². The molecule has 0 saturated heterocycles. The molecule has 0 amide bonds. The van der Waals surface area contributed by atoms with Gasteiger partial charge in [0.2, 0.25) is 0 Å². The summed E-state index contributed by atoms with van der Waals surface area (Å²) in [7, 11) is 0. The van der Waals surface area contributed by atoms with E-state index in [0.717, 1.165) is 29.0 Å².